The molecular weight excluding hydrogens is 408 g/mol. The Hall–Kier alpha value is -3.34. The number of benzene rings is 3. The summed E-state index contributed by atoms with van der Waals surface area (Å²) in [6, 6.07) is 23.3. The van der Waals surface area contributed by atoms with Crippen LogP contribution in [0.3, 0.4) is 0 Å². The van der Waals surface area contributed by atoms with Crippen molar-refractivity contribution in [2.75, 3.05) is 14.2 Å². The fraction of sp³-hybridized carbons (Fsp3) is 0.241. The van der Waals surface area contributed by atoms with Crippen molar-refractivity contribution >= 4 is 32.6 Å². The highest BCUT2D eigenvalue weighted by atomic mass is 16.7. The zero-order valence-corrected chi connectivity index (χ0v) is 19.1. The molecule has 33 heavy (non-hydrogen) atoms. The fourth-order valence-electron chi connectivity index (χ4n) is 4.92. The van der Waals surface area contributed by atoms with Crippen LogP contribution in [0.5, 0.6) is 0 Å². The monoisotopic (exact) mass is 436 g/mol. The third-order valence-corrected chi connectivity index (χ3v) is 6.48. The average Bonchev–Trinajstić information content (AvgIpc) is 2.89. The molecule has 5 aromatic rings. The van der Waals surface area contributed by atoms with Crippen molar-refractivity contribution in [1.29, 1.82) is 0 Å². The number of methoxy groups -OCH3 is 2. The number of hydrogen-bond donors (Lipinski definition) is 0. The van der Waals surface area contributed by atoms with Gasteiger partial charge in [-0.1, -0.05) is 42.5 Å². The Balaban J connectivity index is 0.000000190. The summed E-state index contributed by atoms with van der Waals surface area (Å²) < 4.78 is 10.9. The molecule has 1 aliphatic rings. The number of rotatable bonds is 3. The summed E-state index contributed by atoms with van der Waals surface area (Å²) in [4.78, 5) is 8.14. The number of hydrogen-bond acceptors (Lipinski definition) is 4. The molecule has 0 atom stereocenters. The number of nitrogens with zero attached hydrogens (tertiary/aromatic N) is 2. The maximum Gasteiger partial charge on any atom is 0.183 e. The van der Waals surface area contributed by atoms with Crippen LogP contribution in [-0.4, -0.2) is 24.2 Å². The standard InChI is InChI=1S/C21H22O2.C8H6N2/c1-22-21(23-2)20-9-5-8-16-18-11-10-14-6-3-4-7-15(14)17(18)12-13-19(16)20;1-3-7-4-2-6-10-8(7)9-5-1/h5,8-13,21H,3-4,6-7H2,1-2H3;1-6H. The van der Waals surface area contributed by atoms with E-state index in [2.05, 4.69) is 52.4 Å². The normalized spacial score (nSPS) is 13.2. The van der Waals surface area contributed by atoms with Gasteiger partial charge in [0.15, 0.2) is 11.9 Å². The summed E-state index contributed by atoms with van der Waals surface area (Å²) in [7, 11) is 3.37. The van der Waals surface area contributed by atoms with Crippen LogP contribution in [0.25, 0.3) is 32.6 Å². The van der Waals surface area contributed by atoms with Gasteiger partial charge in [-0.2, -0.15) is 0 Å². The van der Waals surface area contributed by atoms with E-state index >= 15 is 0 Å². The zero-order valence-electron chi connectivity index (χ0n) is 19.1. The van der Waals surface area contributed by atoms with Gasteiger partial charge in [0.2, 0.25) is 0 Å². The molecule has 1 aliphatic carbocycles. The lowest BCUT2D eigenvalue weighted by molar-refractivity contribution is -0.105. The summed E-state index contributed by atoms with van der Waals surface area (Å²) in [6.07, 6.45) is 8.22. The first-order valence-corrected chi connectivity index (χ1v) is 11.5. The van der Waals surface area contributed by atoms with E-state index in [1.165, 1.54) is 52.8 Å². The van der Waals surface area contributed by atoms with E-state index in [4.69, 9.17) is 9.47 Å². The van der Waals surface area contributed by atoms with Gasteiger partial charge in [-0.25, -0.2) is 9.97 Å². The van der Waals surface area contributed by atoms with Gasteiger partial charge >= 0.3 is 0 Å². The molecule has 0 saturated heterocycles. The molecule has 0 bridgehead atoms. The van der Waals surface area contributed by atoms with Crippen LogP contribution in [0, 0.1) is 0 Å². The molecular formula is C29H28N2O2. The molecule has 4 heteroatoms. The SMILES string of the molecule is COC(OC)c1cccc2c1ccc1c3c(ccc12)CCCC3.c1cnc2ncccc2c1. The average molecular weight is 437 g/mol. The van der Waals surface area contributed by atoms with Gasteiger partial charge in [-0.05, 0) is 82.6 Å². The van der Waals surface area contributed by atoms with Crippen LogP contribution in [0.4, 0.5) is 0 Å². The summed E-state index contributed by atoms with van der Waals surface area (Å²) in [5.74, 6) is 0. The van der Waals surface area contributed by atoms with E-state index in [9.17, 15) is 0 Å². The first kappa shape index (κ1) is 21.5. The Morgan fingerprint density at radius 1 is 0.667 bits per heavy atom. The lowest BCUT2D eigenvalue weighted by atomic mass is 9.86. The molecule has 2 heterocycles. The number of pyridine rings is 2. The molecule has 0 unspecified atom stereocenters. The van der Waals surface area contributed by atoms with Crippen molar-refractivity contribution in [2.24, 2.45) is 0 Å². The number of aryl methyl sites for hydroxylation is 2. The molecule has 6 rings (SSSR count). The molecule has 0 radical (unpaired) electrons. The van der Waals surface area contributed by atoms with Gasteiger partial charge in [0.25, 0.3) is 0 Å². The maximum absolute atomic E-state index is 5.47. The van der Waals surface area contributed by atoms with Crippen molar-refractivity contribution in [2.45, 2.75) is 32.0 Å². The van der Waals surface area contributed by atoms with Crippen LogP contribution in [0.2, 0.25) is 0 Å². The van der Waals surface area contributed by atoms with Crippen LogP contribution < -0.4 is 0 Å². The Kier molecular flexibility index (Phi) is 6.29. The lowest BCUT2D eigenvalue weighted by Gasteiger charge is -2.20. The van der Waals surface area contributed by atoms with E-state index in [-0.39, 0.29) is 6.29 Å². The van der Waals surface area contributed by atoms with E-state index in [1.807, 2.05) is 24.3 Å². The van der Waals surface area contributed by atoms with Gasteiger partial charge in [-0.15, -0.1) is 0 Å². The van der Waals surface area contributed by atoms with Crippen LogP contribution in [0.15, 0.2) is 79.1 Å². The minimum atomic E-state index is -0.325. The molecule has 4 nitrogen and oxygen atoms in total. The first-order chi connectivity index (χ1) is 16.3. The Bertz CT molecular complexity index is 1340. The van der Waals surface area contributed by atoms with Crippen molar-refractivity contribution in [3.63, 3.8) is 0 Å². The second-order valence-electron chi connectivity index (χ2n) is 8.37. The second-order valence-corrected chi connectivity index (χ2v) is 8.37. The predicted octanol–water partition coefficient (Wildman–Crippen LogP) is 6.79. The van der Waals surface area contributed by atoms with E-state index in [0.29, 0.717) is 0 Å². The summed E-state index contributed by atoms with van der Waals surface area (Å²) in [6.45, 7) is 0. The summed E-state index contributed by atoms with van der Waals surface area (Å²) in [5, 5.41) is 6.34. The highest BCUT2D eigenvalue weighted by molar-refractivity contribution is 6.09. The second kappa shape index (κ2) is 9.65. The quantitative estimate of drug-likeness (QED) is 0.231. The number of ether oxygens (including phenoxy) is 2. The molecule has 0 spiro atoms. The summed E-state index contributed by atoms with van der Waals surface area (Å²) >= 11 is 0. The fourth-order valence-corrected chi connectivity index (χ4v) is 4.92. The Morgan fingerprint density at radius 2 is 1.33 bits per heavy atom. The zero-order chi connectivity index (χ0) is 22.6. The number of aromatic nitrogens is 2. The topological polar surface area (TPSA) is 44.2 Å². The van der Waals surface area contributed by atoms with Crippen LogP contribution in [-0.2, 0) is 22.3 Å². The van der Waals surface area contributed by atoms with Gasteiger partial charge < -0.3 is 9.47 Å². The predicted molar refractivity (Wildman–Crippen MR) is 134 cm³/mol. The summed E-state index contributed by atoms with van der Waals surface area (Å²) in [5.41, 5.74) is 4.99. The smallest absolute Gasteiger partial charge is 0.183 e. The van der Waals surface area contributed by atoms with E-state index < -0.39 is 0 Å². The van der Waals surface area contributed by atoms with Gasteiger partial charge in [0, 0.05) is 37.6 Å². The highest BCUT2D eigenvalue weighted by Gasteiger charge is 2.16. The molecule has 0 N–H and O–H groups in total. The van der Waals surface area contributed by atoms with Crippen molar-refractivity contribution in [3.05, 3.63) is 95.8 Å². The Morgan fingerprint density at radius 3 is 2.06 bits per heavy atom. The molecule has 166 valence electrons. The molecule has 0 fully saturated rings. The van der Waals surface area contributed by atoms with Crippen molar-refractivity contribution < 1.29 is 9.47 Å². The lowest BCUT2D eigenvalue weighted by Crippen LogP contribution is -2.05. The highest BCUT2D eigenvalue weighted by Crippen LogP contribution is 2.36. The molecule has 2 aromatic heterocycles. The van der Waals surface area contributed by atoms with Gasteiger partial charge in [0.05, 0.1) is 0 Å². The third-order valence-electron chi connectivity index (χ3n) is 6.48. The molecule has 0 aliphatic heterocycles. The van der Waals surface area contributed by atoms with E-state index in [0.717, 1.165) is 16.6 Å². The van der Waals surface area contributed by atoms with Crippen LogP contribution in [0.1, 0.15) is 35.8 Å². The third kappa shape index (κ3) is 4.20. The minimum absolute atomic E-state index is 0.325. The maximum atomic E-state index is 5.47. The van der Waals surface area contributed by atoms with Crippen LogP contribution >= 0.6 is 0 Å². The molecule has 0 saturated carbocycles. The first-order valence-electron chi connectivity index (χ1n) is 11.5. The molecule has 0 amide bonds. The molecule has 3 aromatic carbocycles. The largest absolute Gasteiger partial charge is 0.352 e. The van der Waals surface area contributed by atoms with Crippen molar-refractivity contribution in [1.82, 2.24) is 9.97 Å². The Labute approximate surface area is 194 Å². The van der Waals surface area contributed by atoms with Gasteiger partial charge in [-0.3, -0.25) is 0 Å². The van der Waals surface area contributed by atoms with Gasteiger partial charge in [0.1, 0.15) is 0 Å². The van der Waals surface area contributed by atoms with Crippen molar-refractivity contribution in [3.8, 4) is 0 Å². The van der Waals surface area contributed by atoms with E-state index in [1.54, 1.807) is 32.2 Å². The minimum Gasteiger partial charge on any atom is -0.352 e. The number of fused-ring (bicyclic) bond motifs is 6.